The molecule has 28 heavy (non-hydrogen) atoms. The normalized spacial score (nSPS) is 19.4. The standard InChI is InChI=1S/C12H12F3NO3.C8H13N/c1-7(11(18)19)16(8(2)17)10-5-3-9(4-6-10)12(13,14)15;1-2-8(9)6-4-3-5-7-8/h3-7H,1-2H3,(H,18,19);3-6H,2,7,9H2,1H3/t;8-/m.0/s1. The number of carbonyl (C=O) groups excluding carboxylic acids is 1. The lowest BCUT2D eigenvalue weighted by atomic mass is 9.90. The second-order valence-electron chi connectivity index (χ2n) is 6.53. The molecule has 1 aliphatic rings. The van der Waals surface area contributed by atoms with Gasteiger partial charge in [-0.3, -0.25) is 9.69 Å². The van der Waals surface area contributed by atoms with E-state index in [1.54, 1.807) is 0 Å². The minimum atomic E-state index is -4.47. The molecule has 0 radical (unpaired) electrons. The Kier molecular flexibility index (Phi) is 7.99. The molecular formula is C20H25F3N2O3. The van der Waals surface area contributed by atoms with Crippen molar-refractivity contribution in [2.24, 2.45) is 5.73 Å². The second-order valence-corrected chi connectivity index (χ2v) is 6.53. The van der Waals surface area contributed by atoms with E-state index >= 15 is 0 Å². The summed E-state index contributed by atoms with van der Waals surface area (Å²) in [6.45, 7) is 4.54. The molecule has 1 aromatic rings. The summed E-state index contributed by atoms with van der Waals surface area (Å²) in [5, 5.41) is 8.87. The second kappa shape index (κ2) is 9.54. The predicted octanol–water partition coefficient (Wildman–Crippen LogP) is 4.14. The number of nitrogens with zero attached hydrogens (tertiary/aromatic N) is 1. The molecule has 0 spiro atoms. The molecule has 1 unspecified atom stereocenters. The van der Waals surface area contributed by atoms with Crippen LogP contribution < -0.4 is 10.6 Å². The van der Waals surface area contributed by atoms with Crippen LogP contribution in [0.5, 0.6) is 0 Å². The Bertz CT molecular complexity index is 742. The molecule has 5 nitrogen and oxygen atoms in total. The quantitative estimate of drug-likeness (QED) is 0.798. The van der Waals surface area contributed by atoms with Gasteiger partial charge in [-0.05, 0) is 44.0 Å². The van der Waals surface area contributed by atoms with Crippen molar-refractivity contribution in [2.75, 3.05) is 4.90 Å². The molecule has 0 bridgehead atoms. The summed E-state index contributed by atoms with van der Waals surface area (Å²) >= 11 is 0. The first-order chi connectivity index (χ1) is 12.9. The Balaban J connectivity index is 0.000000362. The van der Waals surface area contributed by atoms with Crippen molar-refractivity contribution >= 4 is 17.6 Å². The van der Waals surface area contributed by atoms with Crippen LogP contribution in [0.25, 0.3) is 0 Å². The number of rotatable bonds is 4. The van der Waals surface area contributed by atoms with Crippen LogP contribution >= 0.6 is 0 Å². The van der Waals surface area contributed by atoms with Gasteiger partial charge < -0.3 is 10.8 Å². The van der Waals surface area contributed by atoms with Crippen LogP contribution in [0.3, 0.4) is 0 Å². The van der Waals surface area contributed by atoms with Crippen LogP contribution in [-0.4, -0.2) is 28.6 Å². The summed E-state index contributed by atoms with van der Waals surface area (Å²) in [4.78, 5) is 23.2. The van der Waals surface area contributed by atoms with Crippen molar-refractivity contribution in [1.82, 2.24) is 0 Å². The van der Waals surface area contributed by atoms with Crippen molar-refractivity contribution in [3.63, 3.8) is 0 Å². The molecule has 0 heterocycles. The number of amides is 1. The topological polar surface area (TPSA) is 83.6 Å². The highest BCUT2D eigenvalue weighted by Gasteiger charge is 2.31. The van der Waals surface area contributed by atoms with E-state index in [9.17, 15) is 22.8 Å². The number of nitrogens with two attached hydrogens (primary N) is 1. The molecule has 8 heteroatoms. The number of aliphatic carboxylic acids is 1. The maximum atomic E-state index is 12.4. The molecular weight excluding hydrogens is 373 g/mol. The van der Waals surface area contributed by atoms with Gasteiger partial charge >= 0.3 is 12.1 Å². The fourth-order valence-electron chi connectivity index (χ4n) is 2.54. The summed E-state index contributed by atoms with van der Waals surface area (Å²) in [6.07, 6.45) is 5.79. The van der Waals surface area contributed by atoms with Gasteiger partial charge in [0.1, 0.15) is 6.04 Å². The molecule has 0 aromatic heterocycles. The minimum Gasteiger partial charge on any atom is -0.480 e. The predicted molar refractivity (Wildman–Crippen MR) is 102 cm³/mol. The fourth-order valence-corrected chi connectivity index (χ4v) is 2.54. The van der Waals surface area contributed by atoms with E-state index in [0.29, 0.717) is 0 Å². The highest BCUT2D eigenvalue weighted by atomic mass is 19.4. The largest absolute Gasteiger partial charge is 0.480 e. The first-order valence-electron chi connectivity index (χ1n) is 8.74. The molecule has 0 saturated carbocycles. The molecule has 3 N–H and O–H groups in total. The van der Waals surface area contributed by atoms with Gasteiger partial charge in [0.15, 0.2) is 0 Å². The number of carboxylic acids is 1. The van der Waals surface area contributed by atoms with Crippen molar-refractivity contribution in [3.05, 3.63) is 54.1 Å². The Morgan fingerprint density at radius 1 is 1.25 bits per heavy atom. The summed E-state index contributed by atoms with van der Waals surface area (Å²) in [7, 11) is 0. The molecule has 1 aromatic carbocycles. The third-order valence-electron chi connectivity index (χ3n) is 4.39. The number of halogens is 3. The number of carbonyl (C=O) groups is 2. The average molecular weight is 398 g/mol. The van der Waals surface area contributed by atoms with Gasteiger partial charge in [0.05, 0.1) is 5.56 Å². The average Bonchev–Trinajstić information content (AvgIpc) is 2.62. The van der Waals surface area contributed by atoms with E-state index in [2.05, 4.69) is 19.1 Å². The number of hydrogen-bond acceptors (Lipinski definition) is 3. The summed E-state index contributed by atoms with van der Waals surface area (Å²) in [5.74, 6) is -1.80. The minimum absolute atomic E-state index is 0.0469. The number of hydrogen-bond donors (Lipinski definition) is 2. The monoisotopic (exact) mass is 398 g/mol. The summed E-state index contributed by atoms with van der Waals surface area (Å²) < 4.78 is 37.2. The molecule has 2 atom stereocenters. The van der Waals surface area contributed by atoms with Crippen LogP contribution in [0, 0.1) is 0 Å². The fraction of sp³-hybridized carbons (Fsp3) is 0.400. The lowest BCUT2D eigenvalue weighted by Gasteiger charge is -2.25. The zero-order valence-electron chi connectivity index (χ0n) is 16.0. The maximum absolute atomic E-state index is 12.4. The highest BCUT2D eigenvalue weighted by Crippen LogP contribution is 2.31. The zero-order chi connectivity index (χ0) is 21.5. The Morgan fingerprint density at radius 3 is 2.14 bits per heavy atom. The van der Waals surface area contributed by atoms with E-state index < -0.39 is 29.7 Å². The van der Waals surface area contributed by atoms with Gasteiger partial charge in [0.25, 0.3) is 0 Å². The molecule has 2 rings (SSSR count). The van der Waals surface area contributed by atoms with E-state index in [0.717, 1.165) is 48.9 Å². The van der Waals surface area contributed by atoms with Gasteiger partial charge in [-0.15, -0.1) is 0 Å². The molecule has 1 aliphatic carbocycles. The SMILES string of the molecule is CC(=O)N(c1ccc(C(F)(F)F)cc1)C(C)C(=O)O.CC[C@]1(N)C=CC=CC1. The first kappa shape index (κ1) is 23.4. The van der Waals surface area contributed by atoms with Crippen LogP contribution in [0.4, 0.5) is 18.9 Å². The number of anilines is 1. The number of allylic oxidation sites excluding steroid dienone is 2. The lowest BCUT2D eigenvalue weighted by molar-refractivity contribution is -0.139. The van der Waals surface area contributed by atoms with Gasteiger partial charge in [-0.25, -0.2) is 4.79 Å². The van der Waals surface area contributed by atoms with Gasteiger partial charge in [0.2, 0.25) is 5.91 Å². The van der Waals surface area contributed by atoms with E-state index in [1.807, 2.05) is 12.2 Å². The molecule has 1 amide bonds. The van der Waals surface area contributed by atoms with Crippen LogP contribution in [0.15, 0.2) is 48.6 Å². The van der Waals surface area contributed by atoms with Gasteiger partial charge in [-0.1, -0.05) is 31.2 Å². The maximum Gasteiger partial charge on any atom is 0.416 e. The van der Waals surface area contributed by atoms with Crippen molar-refractivity contribution in [3.8, 4) is 0 Å². The van der Waals surface area contributed by atoms with E-state index in [1.165, 1.54) is 6.92 Å². The van der Waals surface area contributed by atoms with E-state index in [4.69, 9.17) is 10.8 Å². The summed E-state index contributed by atoms with van der Waals surface area (Å²) in [5.41, 5.74) is 5.12. The third-order valence-corrected chi connectivity index (χ3v) is 4.39. The molecule has 0 aliphatic heterocycles. The van der Waals surface area contributed by atoms with Crippen LogP contribution in [0.2, 0.25) is 0 Å². The highest BCUT2D eigenvalue weighted by molar-refractivity contribution is 5.97. The summed E-state index contributed by atoms with van der Waals surface area (Å²) in [6, 6.07) is 2.60. The first-order valence-corrected chi connectivity index (χ1v) is 8.74. The number of alkyl halides is 3. The Labute approximate surface area is 162 Å². The zero-order valence-corrected chi connectivity index (χ0v) is 16.0. The van der Waals surface area contributed by atoms with Gasteiger partial charge in [0, 0.05) is 18.2 Å². The van der Waals surface area contributed by atoms with Crippen LogP contribution in [0.1, 0.15) is 39.2 Å². The molecule has 0 saturated heterocycles. The van der Waals surface area contributed by atoms with Gasteiger partial charge in [-0.2, -0.15) is 13.2 Å². The number of carboxylic acid groups (broad SMARTS) is 1. The smallest absolute Gasteiger partial charge is 0.416 e. The number of benzene rings is 1. The van der Waals surface area contributed by atoms with Crippen LogP contribution in [-0.2, 0) is 15.8 Å². The van der Waals surface area contributed by atoms with E-state index in [-0.39, 0.29) is 11.2 Å². The van der Waals surface area contributed by atoms with Crippen molar-refractivity contribution in [1.29, 1.82) is 0 Å². The molecule has 0 fully saturated rings. The Morgan fingerprint density at radius 2 is 1.82 bits per heavy atom. The van der Waals surface area contributed by atoms with Crippen molar-refractivity contribution in [2.45, 2.75) is 51.4 Å². The lowest BCUT2D eigenvalue weighted by Crippen LogP contribution is -2.42. The van der Waals surface area contributed by atoms with Crippen molar-refractivity contribution < 1.29 is 27.9 Å². The Hall–Kier alpha value is -2.61. The molecule has 154 valence electrons. The third kappa shape index (κ3) is 6.53.